The lowest BCUT2D eigenvalue weighted by Gasteiger charge is -1.91. The molecule has 0 aromatic heterocycles. The fourth-order valence-corrected chi connectivity index (χ4v) is 1.07. The zero-order valence-corrected chi connectivity index (χ0v) is 9.22. The van der Waals surface area contributed by atoms with Crippen LogP contribution in [0.4, 0.5) is 5.69 Å². The van der Waals surface area contributed by atoms with E-state index < -0.39 is 4.92 Å². The first-order valence-electron chi connectivity index (χ1n) is 4.91. The van der Waals surface area contributed by atoms with Crippen LogP contribution in [0.25, 0.3) is 0 Å². The fraction of sp³-hybridized carbons (Fsp3) is 0. The van der Waals surface area contributed by atoms with Crippen LogP contribution in [0.15, 0.2) is 48.5 Å². The van der Waals surface area contributed by atoms with Crippen LogP contribution in [-0.4, -0.2) is 20.2 Å². The number of nitro groups is 1. The quantitative estimate of drug-likeness (QED) is 0.409. The van der Waals surface area contributed by atoms with Crippen LogP contribution in [-0.2, 0) is 0 Å². The van der Waals surface area contributed by atoms with Gasteiger partial charge in [0.2, 0.25) is 0 Å². The third-order valence-corrected chi connectivity index (χ3v) is 1.93. The number of benzene rings is 2. The summed E-state index contributed by atoms with van der Waals surface area (Å²) in [6, 6.07) is 11.3. The third kappa shape index (κ3) is 4.01. The molecule has 0 aliphatic heterocycles. The Morgan fingerprint density at radius 1 is 0.833 bits per heavy atom. The predicted octanol–water partition coefficient (Wildman–Crippen LogP) is 2.40. The maximum absolute atomic E-state index is 10.1. The molecule has 2 aromatic carbocycles. The van der Waals surface area contributed by atoms with Gasteiger partial charge in [-0.1, -0.05) is 12.1 Å². The maximum atomic E-state index is 10.1. The monoisotopic (exact) mass is 249 g/mol. The van der Waals surface area contributed by atoms with E-state index in [-0.39, 0.29) is 22.9 Å². The Labute approximate surface area is 103 Å². The summed E-state index contributed by atoms with van der Waals surface area (Å²) in [5.74, 6) is 0.0399. The predicted molar refractivity (Wildman–Crippen MR) is 64.5 cm³/mol. The molecule has 0 saturated heterocycles. The number of nitrogens with zero attached hydrogens (tertiary/aromatic N) is 1. The van der Waals surface area contributed by atoms with Gasteiger partial charge in [-0.3, -0.25) is 10.1 Å². The fourth-order valence-electron chi connectivity index (χ4n) is 1.07. The zero-order chi connectivity index (χ0) is 13.5. The Morgan fingerprint density at radius 3 is 1.61 bits per heavy atom. The second kappa shape index (κ2) is 6.09. The lowest BCUT2D eigenvalue weighted by Crippen LogP contribution is -1.86. The number of phenols is 3. The first-order valence-corrected chi connectivity index (χ1v) is 4.91. The van der Waals surface area contributed by atoms with E-state index in [9.17, 15) is 10.1 Å². The molecule has 0 heterocycles. The largest absolute Gasteiger partial charge is 0.508 e. The lowest BCUT2D eigenvalue weighted by atomic mass is 10.3. The first-order chi connectivity index (χ1) is 8.50. The van der Waals surface area contributed by atoms with Gasteiger partial charge in [0.05, 0.1) is 4.92 Å². The van der Waals surface area contributed by atoms with E-state index >= 15 is 0 Å². The molecule has 0 spiro atoms. The van der Waals surface area contributed by atoms with Crippen molar-refractivity contribution in [2.75, 3.05) is 0 Å². The summed E-state index contributed by atoms with van der Waals surface area (Å²) < 4.78 is 0. The molecule has 0 aliphatic carbocycles. The van der Waals surface area contributed by atoms with Crippen molar-refractivity contribution in [3.63, 3.8) is 0 Å². The van der Waals surface area contributed by atoms with Crippen molar-refractivity contribution in [2.24, 2.45) is 0 Å². The van der Waals surface area contributed by atoms with Gasteiger partial charge in [0, 0.05) is 6.07 Å². The van der Waals surface area contributed by atoms with Crippen molar-refractivity contribution in [1.29, 1.82) is 0 Å². The standard InChI is InChI=1S/C6H5NO3.C6H6O2/c8-6-4-2-1-3-5(6)7(9)10;7-5-1-2-6(8)4-3-5/h1-4,8H;1-4,7-8H. The highest BCUT2D eigenvalue weighted by atomic mass is 16.6. The number of nitro benzene ring substituents is 1. The highest BCUT2D eigenvalue weighted by Gasteiger charge is 2.09. The number of aromatic hydroxyl groups is 3. The molecule has 18 heavy (non-hydrogen) atoms. The Hall–Kier alpha value is -2.76. The molecular formula is C12H11NO5. The molecule has 6 nitrogen and oxygen atoms in total. The maximum Gasteiger partial charge on any atom is 0.310 e. The molecule has 0 atom stereocenters. The number of rotatable bonds is 1. The summed E-state index contributed by atoms with van der Waals surface area (Å²) in [7, 11) is 0. The molecule has 0 radical (unpaired) electrons. The number of para-hydroxylation sites is 2. The van der Waals surface area contributed by atoms with E-state index in [2.05, 4.69) is 0 Å². The summed E-state index contributed by atoms with van der Waals surface area (Å²) >= 11 is 0. The minimum absolute atomic E-state index is 0.169. The van der Waals surface area contributed by atoms with Gasteiger partial charge < -0.3 is 15.3 Å². The zero-order valence-electron chi connectivity index (χ0n) is 9.22. The van der Waals surface area contributed by atoms with Crippen LogP contribution in [0, 0.1) is 10.1 Å². The summed E-state index contributed by atoms with van der Waals surface area (Å²) in [5, 5.41) is 36.2. The minimum atomic E-state index is -0.630. The van der Waals surface area contributed by atoms with Gasteiger partial charge in [0.25, 0.3) is 0 Å². The van der Waals surface area contributed by atoms with Gasteiger partial charge in [-0.05, 0) is 30.3 Å². The molecular weight excluding hydrogens is 238 g/mol. The average molecular weight is 249 g/mol. The normalized spacial score (nSPS) is 9.11. The van der Waals surface area contributed by atoms with E-state index in [1.165, 1.54) is 48.5 Å². The van der Waals surface area contributed by atoms with E-state index in [1.807, 2.05) is 0 Å². The number of phenolic OH excluding ortho intramolecular Hbond substituents is 3. The van der Waals surface area contributed by atoms with Crippen LogP contribution in [0.2, 0.25) is 0 Å². The molecule has 94 valence electrons. The van der Waals surface area contributed by atoms with Gasteiger partial charge in [-0.15, -0.1) is 0 Å². The van der Waals surface area contributed by atoms with E-state index in [0.717, 1.165) is 0 Å². The summed E-state index contributed by atoms with van der Waals surface area (Å²) in [6.07, 6.45) is 0. The number of hydrogen-bond acceptors (Lipinski definition) is 5. The van der Waals surface area contributed by atoms with Gasteiger partial charge in [0.15, 0.2) is 5.75 Å². The molecule has 6 heteroatoms. The molecule has 2 rings (SSSR count). The highest BCUT2D eigenvalue weighted by molar-refractivity contribution is 5.44. The van der Waals surface area contributed by atoms with Gasteiger partial charge >= 0.3 is 5.69 Å². The molecule has 0 amide bonds. The Morgan fingerprint density at radius 2 is 1.28 bits per heavy atom. The molecule has 0 fully saturated rings. The SMILES string of the molecule is O=[N+]([O-])c1ccccc1O.Oc1ccc(O)cc1. The summed E-state index contributed by atoms with van der Waals surface area (Å²) in [5.41, 5.74) is -0.262. The Kier molecular flexibility index (Phi) is 4.50. The average Bonchev–Trinajstić information content (AvgIpc) is 2.34. The summed E-state index contributed by atoms with van der Waals surface area (Å²) in [6.45, 7) is 0. The second-order valence-corrected chi connectivity index (χ2v) is 3.26. The Bertz CT molecular complexity index is 503. The van der Waals surface area contributed by atoms with Crippen molar-refractivity contribution in [1.82, 2.24) is 0 Å². The topological polar surface area (TPSA) is 104 Å². The Balaban J connectivity index is 0.000000184. The smallest absolute Gasteiger partial charge is 0.310 e. The lowest BCUT2D eigenvalue weighted by molar-refractivity contribution is -0.385. The van der Waals surface area contributed by atoms with E-state index in [0.29, 0.717) is 0 Å². The van der Waals surface area contributed by atoms with E-state index in [4.69, 9.17) is 15.3 Å². The van der Waals surface area contributed by atoms with Crippen LogP contribution in [0.3, 0.4) is 0 Å². The van der Waals surface area contributed by atoms with Crippen molar-refractivity contribution < 1.29 is 20.2 Å². The van der Waals surface area contributed by atoms with Gasteiger partial charge in [-0.2, -0.15) is 0 Å². The highest BCUT2D eigenvalue weighted by Crippen LogP contribution is 2.23. The molecule has 0 aliphatic rings. The van der Waals surface area contributed by atoms with Gasteiger partial charge in [0.1, 0.15) is 11.5 Å². The van der Waals surface area contributed by atoms with Crippen LogP contribution in [0.1, 0.15) is 0 Å². The van der Waals surface area contributed by atoms with Crippen LogP contribution in [0.5, 0.6) is 17.2 Å². The van der Waals surface area contributed by atoms with Crippen molar-refractivity contribution in [2.45, 2.75) is 0 Å². The van der Waals surface area contributed by atoms with Crippen LogP contribution < -0.4 is 0 Å². The van der Waals surface area contributed by atoms with Crippen molar-refractivity contribution in [3.8, 4) is 17.2 Å². The molecule has 0 saturated carbocycles. The summed E-state index contributed by atoms with van der Waals surface area (Å²) in [4.78, 5) is 9.44. The second-order valence-electron chi connectivity index (χ2n) is 3.26. The molecule has 2 aromatic rings. The first kappa shape index (κ1) is 13.3. The van der Waals surface area contributed by atoms with Crippen molar-refractivity contribution >= 4 is 5.69 Å². The molecule has 3 N–H and O–H groups in total. The molecule has 0 bridgehead atoms. The third-order valence-electron chi connectivity index (χ3n) is 1.93. The van der Waals surface area contributed by atoms with Crippen molar-refractivity contribution in [3.05, 3.63) is 58.6 Å². The van der Waals surface area contributed by atoms with Crippen LogP contribution >= 0.6 is 0 Å². The van der Waals surface area contributed by atoms with E-state index in [1.54, 1.807) is 0 Å². The molecule has 0 unspecified atom stereocenters. The number of hydrogen-bond donors (Lipinski definition) is 3. The van der Waals surface area contributed by atoms with Gasteiger partial charge in [-0.25, -0.2) is 0 Å². The minimum Gasteiger partial charge on any atom is -0.508 e.